The van der Waals surface area contributed by atoms with Crippen LogP contribution in [-0.4, -0.2) is 20.3 Å². The molecule has 1 aromatic carbocycles. The van der Waals surface area contributed by atoms with E-state index in [0.717, 1.165) is 12.1 Å². The van der Waals surface area contributed by atoms with Gasteiger partial charge in [0, 0.05) is 12.1 Å². The van der Waals surface area contributed by atoms with E-state index < -0.39 is 17.9 Å². The number of halogens is 2. The molecule has 1 aromatic rings. The monoisotopic (exact) mass is 216 g/mol. The molecule has 0 radical (unpaired) electrons. The molecule has 0 amide bonds. The van der Waals surface area contributed by atoms with Gasteiger partial charge in [-0.1, -0.05) is 0 Å². The molecule has 0 N–H and O–H groups in total. The van der Waals surface area contributed by atoms with Gasteiger partial charge in [0.25, 0.3) is 0 Å². The van der Waals surface area contributed by atoms with Crippen molar-refractivity contribution in [1.29, 1.82) is 0 Å². The minimum Gasteiger partial charge on any atom is -0.497 e. The van der Waals surface area contributed by atoms with E-state index in [9.17, 15) is 8.78 Å². The first-order chi connectivity index (χ1) is 7.22. The van der Waals surface area contributed by atoms with Gasteiger partial charge in [0.2, 0.25) is 0 Å². The molecule has 15 heavy (non-hydrogen) atoms. The zero-order valence-corrected chi connectivity index (χ0v) is 8.13. The molecule has 0 saturated carbocycles. The maximum atomic E-state index is 13.5. The average molecular weight is 216 g/mol. The Morgan fingerprint density at radius 2 is 1.73 bits per heavy atom. The Hall–Kier alpha value is -1.20. The van der Waals surface area contributed by atoms with E-state index in [1.165, 1.54) is 7.11 Å². The van der Waals surface area contributed by atoms with E-state index in [1.54, 1.807) is 0 Å². The molecule has 3 nitrogen and oxygen atoms in total. The third-order valence-electron chi connectivity index (χ3n) is 2.15. The van der Waals surface area contributed by atoms with Gasteiger partial charge in [-0.05, 0) is 0 Å². The lowest BCUT2D eigenvalue weighted by molar-refractivity contribution is -0.0489. The lowest BCUT2D eigenvalue weighted by atomic mass is 10.2. The highest BCUT2D eigenvalue weighted by molar-refractivity contribution is 5.31. The van der Waals surface area contributed by atoms with Crippen LogP contribution in [0, 0.1) is 11.6 Å². The van der Waals surface area contributed by atoms with Crippen LogP contribution in [0.25, 0.3) is 0 Å². The Morgan fingerprint density at radius 1 is 1.20 bits per heavy atom. The summed E-state index contributed by atoms with van der Waals surface area (Å²) in [5.74, 6) is -1.32. The first-order valence-corrected chi connectivity index (χ1v) is 4.48. The number of ether oxygens (including phenoxy) is 3. The van der Waals surface area contributed by atoms with Crippen LogP contribution in [0.3, 0.4) is 0 Å². The summed E-state index contributed by atoms with van der Waals surface area (Å²) in [5, 5.41) is 0. The van der Waals surface area contributed by atoms with Crippen LogP contribution in [0.4, 0.5) is 8.78 Å². The fourth-order valence-corrected chi connectivity index (χ4v) is 1.43. The van der Waals surface area contributed by atoms with E-state index in [0.29, 0.717) is 13.2 Å². The van der Waals surface area contributed by atoms with E-state index >= 15 is 0 Å². The van der Waals surface area contributed by atoms with Crippen molar-refractivity contribution in [3.05, 3.63) is 29.3 Å². The van der Waals surface area contributed by atoms with Crippen LogP contribution < -0.4 is 4.74 Å². The second-order valence-corrected chi connectivity index (χ2v) is 3.08. The highest BCUT2D eigenvalue weighted by Gasteiger charge is 2.26. The van der Waals surface area contributed by atoms with Crippen LogP contribution >= 0.6 is 0 Å². The Labute approximate surface area is 85.6 Å². The van der Waals surface area contributed by atoms with Crippen molar-refractivity contribution in [2.45, 2.75) is 6.29 Å². The maximum absolute atomic E-state index is 13.5. The quantitative estimate of drug-likeness (QED) is 0.756. The lowest BCUT2D eigenvalue weighted by Crippen LogP contribution is -2.05. The van der Waals surface area contributed by atoms with Crippen molar-refractivity contribution in [2.75, 3.05) is 20.3 Å². The summed E-state index contributed by atoms with van der Waals surface area (Å²) in [5.41, 5.74) is -0.201. The van der Waals surface area contributed by atoms with Crippen LogP contribution in [0.2, 0.25) is 0 Å². The molecule has 0 aromatic heterocycles. The third-order valence-corrected chi connectivity index (χ3v) is 2.15. The normalized spacial score (nSPS) is 17.0. The molecule has 0 unspecified atom stereocenters. The Bertz CT molecular complexity index is 339. The standard InChI is InChI=1S/C10H10F2O3/c1-13-6-4-7(11)9(8(12)5-6)10-14-2-3-15-10/h4-5,10H,2-3H2,1H3. The summed E-state index contributed by atoms with van der Waals surface area (Å²) in [6.07, 6.45) is -0.948. The molecule has 0 aliphatic carbocycles. The van der Waals surface area contributed by atoms with Gasteiger partial charge in [-0.15, -0.1) is 0 Å². The van der Waals surface area contributed by atoms with E-state index in [1.807, 2.05) is 0 Å². The number of hydrogen-bond donors (Lipinski definition) is 0. The molecular weight excluding hydrogens is 206 g/mol. The molecule has 0 spiro atoms. The summed E-state index contributed by atoms with van der Waals surface area (Å²) in [7, 11) is 1.34. The van der Waals surface area contributed by atoms with Gasteiger partial charge in [0.05, 0.1) is 25.9 Å². The second kappa shape index (κ2) is 4.12. The number of methoxy groups -OCH3 is 1. The molecule has 1 aliphatic rings. The first-order valence-electron chi connectivity index (χ1n) is 4.48. The molecule has 1 saturated heterocycles. The van der Waals surface area contributed by atoms with Gasteiger partial charge in [0.1, 0.15) is 17.4 Å². The molecule has 1 fully saturated rings. The van der Waals surface area contributed by atoms with Crippen LogP contribution in [-0.2, 0) is 9.47 Å². The minimum atomic E-state index is -0.948. The fraction of sp³-hybridized carbons (Fsp3) is 0.400. The number of rotatable bonds is 2. The maximum Gasteiger partial charge on any atom is 0.189 e. The Balaban J connectivity index is 2.37. The topological polar surface area (TPSA) is 27.7 Å². The van der Waals surface area contributed by atoms with Gasteiger partial charge < -0.3 is 14.2 Å². The summed E-state index contributed by atoms with van der Waals surface area (Å²) in [6, 6.07) is 2.20. The molecule has 82 valence electrons. The predicted molar refractivity (Wildman–Crippen MR) is 47.6 cm³/mol. The van der Waals surface area contributed by atoms with Crippen molar-refractivity contribution in [2.24, 2.45) is 0 Å². The van der Waals surface area contributed by atoms with Crippen molar-refractivity contribution in [3.8, 4) is 5.75 Å². The molecule has 1 aliphatic heterocycles. The zero-order chi connectivity index (χ0) is 10.8. The summed E-state index contributed by atoms with van der Waals surface area (Å²) in [4.78, 5) is 0. The van der Waals surface area contributed by atoms with Crippen LogP contribution in [0.5, 0.6) is 5.75 Å². The molecular formula is C10H10F2O3. The van der Waals surface area contributed by atoms with Gasteiger partial charge in [-0.3, -0.25) is 0 Å². The first kappa shape index (κ1) is 10.3. The van der Waals surface area contributed by atoms with E-state index in [-0.39, 0.29) is 11.3 Å². The minimum absolute atomic E-state index is 0.131. The number of hydrogen-bond acceptors (Lipinski definition) is 3. The molecule has 2 rings (SSSR count). The van der Waals surface area contributed by atoms with E-state index in [4.69, 9.17) is 14.2 Å². The molecule has 5 heteroatoms. The van der Waals surface area contributed by atoms with Crippen LogP contribution in [0.1, 0.15) is 11.9 Å². The number of benzene rings is 1. The van der Waals surface area contributed by atoms with Crippen LogP contribution in [0.15, 0.2) is 12.1 Å². The van der Waals surface area contributed by atoms with E-state index in [2.05, 4.69) is 0 Å². The van der Waals surface area contributed by atoms with Crippen molar-refractivity contribution in [3.63, 3.8) is 0 Å². The van der Waals surface area contributed by atoms with Crippen molar-refractivity contribution < 1.29 is 23.0 Å². The zero-order valence-electron chi connectivity index (χ0n) is 8.13. The second-order valence-electron chi connectivity index (χ2n) is 3.08. The Morgan fingerprint density at radius 3 is 2.20 bits per heavy atom. The lowest BCUT2D eigenvalue weighted by Gasteiger charge is -2.12. The molecule has 1 heterocycles. The molecule has 0 bridgehead atoms. The fourth-order valence-electron chi connectivity index (χ4n) is 1.43. The van der Waals surface area contributed by atoms with Gasteiger partial charge in [-0.25, -0.2) is 8.78 Å². The summed E-state index contributed by atoms with van der Waals surface area (Å²) >= 11 is 0. The Kier molecular flexibility index (Phi) is 2.83. The summed E-state index contributed by atoms with van der Waals surface area (Å²) in [6.45, 7) is 0.686. The van der Waals surface area contributed by atoms with Gasteiger partial charge in [-0.2, -0.15) is 0 Å². The third kappa shape index (κ3) is 1.93. The van der Waals surface area contributed by atoms with Gasteiger partial charge in [0.15, 0.2) is 6.29 Å². The van der Waals surface area contributed by atoms with Crippen molar-refractivity contribution in [1.82, 2.24) is 0 Å². The molecule has 0 atom stereocenters. The highest BCUT2D eigenvalue weighted by atomic mass is 19.1. The van der Waals surface area contributed by atoms with Crippen molar-refractivity contribution >= 4 is 0 Å². The summed E-state index contributed by atoms with van der Waals surface area (Å²) < 4.78 is 41.7. The largest absolute Gasteiger partial charge is 0.497 e. The smallest absolute Gasteiger partial charge is 0.189 e. The average Bonchev–Trinajstić information content (AvgIpc) is 2.69. The highest BCUT2D eigenvalue weighted by Crippen LogP contribution is 2.30. The van der Waals surface area contributed by atoms with Gasteiger partial charge >= 0.3 is 0 Å². The SMILES string of the molecule is COc1cc(F)c(C2OCCO2)c(F)c1. The predicted octanol–water partition coefficient (Wildman–Crippen LogP) is 2.02.